The van der Waals surface area contributed by atoms with E-state index < -0.39 is 0 Å². The maximum absolute atomic E-state index is 5.50. The van der Waals surface area contributed by atoms with Gasteiger partial charge < -0.3 is 8.94 Å². The summed E-state index contributed by atoms with van der Waals surface area (Å²) in [5.41, 5.74) is 0.529. The van der Waals surface area contributed by atoms with E-state index in [4.69, 9.17) is 20.5 Å². The summed E-state index contributed by atoms with van der Waals surface area (Å²) in [5.74, 6) is 1.55. The zero-order valence-electron chi connectivity index (χ0n) is 6.82. The molecule has 0 amide bonds. The zero-order valence-corrected chi connectivity index (χ0v) is 7.58. The highest BCUT2D eigenvalue weighted by atomic mass is 35.5. The van der Waals surface area contributed by atoms with Crippen LogP contribution < -0.4 is 0 Å². The molecular weight excluding hydrogens is 194 g/mol. The van der Waals surface area contributed by atoms with E-state index in [1.54, 1.807) is 6.92 Å². The molecule has 0 bridgehead atoms. The highest BCUT2D eigenvalue weighted by Gasteiger charge is 2.11. The van der Waals surface area contributed by atoms with Crippen molar-refractivity contribution in [2.45, 2.75) is 12.8 Å². The third-order valence-corrected chi connectivity index (χ3v) is 1.66. The Morgan fingerprint density at radius 1 is 1.46 bits per heavy atom. The van der Waals surface area contributed by atoms with Gasteiger partial charge in [0.15, 0.2) is 17.4 Å². The predicted molar refractivity (Wildman–Crippen MR) is 44.1 cm³/mol. The molecule has 0 aliphatic heterocycles. The van der Waals surface area contributed by atoms with Crippen LogP contribution in [0.1, 0.15) is 11.7 Å². The Bertz CT molecular complexity index is 409. The van der Waals surface area contributed by atoms with Crippen molar-refractivity contribution in [3.63, 3.8) is 0 Å². The monoisotopic (exact) mass is 199 g/mol. The maximum atomic E-state index is 5.50. The average molecular weight is 200 g/mol. The van der Waals surface area contributed by atoms with Gasteiger partial charge in [-0.2, -0.15) is 4.98 Å². The summed E-state index contributed by atoms with van der Waals surface area (Å²) in [7, 11) is 0. The lowest BCUT2D eigenvalue weighted by atomic mass is 10.5. The Hall–Kier alpha value is -1.36. The molecule has 5 nitrogen and oxygen atoms in total. The van der Waals surface area contributed by atoms with Crippen LogP contribution in [0.3, 0.4) is 0 Å². The number of halogens is 1. The minimum absolute atomic E-state index is 0.223. The third kappa shape index (κ3) is 1.55. The first-order valence-corrected chi connectivity index (χ1v) is 4.14. The van der Waals surface area contributed by atoms with Crippen molar-refractivity contribution in [2.24, 2.45) is 0 Å². The second-order valence-corrected chi connectivity index (χ2v) is 2.67. The van der Waals surface area contributed by atoms with Gasteiger partial charge in [-0.1, -0.05) is 5.16 Å². The van der Waals surface area contributed by atoms with Gasteiger partial charge in [-0.05, 0) is 0 Å². The summed E-state index contributed by atoms with van der Waals surface area (Å²) in [6, 6.07) is 0. The lowest BCUT2D eigenvalue weighted by Gasteiger charge is -1.79. The van der Waals surface area contributed by atoms with E-state index in [-0.39, 0.29) is 5.88 Å². The zero-order chi connectivity index (χ0) is 9.26. The van der Waals surface area contributed by atoms with Crippen LogP contribution in [-0.4, -0.2) is 15.1 Å². The molecule has 2 rings (SSSR count). The van der Waals surface area contributed by atoms with Crippen molar-refractivity contribution >= 4 is 11.6 Å². The summed E-state index contributed by atoms with van der Waals surface area (Å²) >= 11 is 5.50. The molecule has 0 N–H and O–H groups in total. The quantitative estimate of drug-likeness (QED) is 0.690. The standard InChI is InChI=1S/C7H6ClN3O2/c1-4-9-5(3-12-4)7-10-6(2-8)11-13-7/h3H,2H2,1H3. The third-order valence-electron chi connectivity index (χ3n) is 1.43. The number of oxazole rings is 1. The molecular formula is C7H6ClN3O2. The molecule has 0 fully saturated rings. The van der Waals surface area contributed by atoms with E-state index >= 15 is 0 Å². The van der Waals surface area contributed by atoms with E-state index in [1.807, 2.05) is 0 Å². The van der Waals surface area contributed by atoms with E-state index in [0.717, 1.165) is 0 Å². The highest BCUT2D eigenvalue weighted by molar-refractivity contribution is 6.16. The van der Waals surface area contributed by atoms with Crippen LogP contribution in [0.5, 0.6) is 0 Å². The number of nitrogens with zero attached hydrogens (tertiary/aromatic N) is 3. The smallest absolute Gasteiger partial charge is 0.279 e. The van der Waals surface area contributed by atoms with Gasteiger partial charge in [0, 0.05) is 6.92 Å². The number of alkyl halides is 1. The molecule has 0 saturated heterocycles. The summed E-state index contributed by atoms with van der Waals surface area (Å²) < 4.78 is 9.88. The molecule has 0 saturated carbocycles. The van der Waals surface area contributed by atoms with Gasteiger partial charge in [-0.15, -0.1) is 11.6 Å². The lowest BCUT2D eigenvalue weighted by Crippen LogP contribution is -1.80. The topological polar surface area (TPSA) is 65.0 Å². The fourth-order valence-corrected chi connectivity index (χ4v) is 0.982. The molecule has 0 radical (unpaired) electrons. The SMILES string of the molecule is Cc1nc(-c2nc(CCl)no2)co1. The predicted octanol–water partition coefficient (Wildman–Crippen LogP) is 1.77. The lowest BCUT2D eigenvalue weighted by molar-refractivity contribution is 0.423. The Labute approximate surface area is 78.7 Å². The average Bonchev–Trinajstić information content (AvgIpc) is 2.71. The van der Waals surface area contributed by atoms with E-state index in [2.05, 4.69) is 15.1 Å². The van der Waals surface area contributed by atoms with Crippen LogP contribution in [0.15, 0.2) is 15.2 Å². The fraction of sp³-hybridized carbons (Fsp3) is 0.286. The van der Waals surface area contributed by atoms with Crippen LogP contribution in [0, 0.1) is 6.92 Å². The van der Waals surface area contributed by atoms with Crippen molar-refractivity contribution < 1.29 is 8.94 Å². The molecule has 6 heteroatoms. The molecule has 2 heterocycles. The number of aromatic nitrogens is 3. The fourth-order valence-electron chi connectivity index (χ4n) is 0.874. The van der Waals surface area contributed by atoms with Crippen molar-refractivity contribution in [3.8, 4) is 11.6 Å². The minimum Gasteiger partial charge on any atom is -0.448 e. The Morgan fingerprint density at radius 2 is 2.31 bits per heavy atom. The number of hydrogen-bond donors (Lipinski definition) is 0. The summed E-state index contributed by atoms with van der Waals surface area (Å²) in [5, 5.41) is 3.62. The molecule has 0 aliphatic rings. The largest absolute Gasteiger partial charge is 0.448 e. The number of rotatable bonds is 2. The molecule has 2 aromatic rings. The number of aryl methyl sites for hydroxylation is 1. The second-order valence-electron chi connectivity index (χ2n) is 2.40. The van der Waals surface area contributed by atoms with Gasteiger partial charge in [0.05, 0.1) is 5.88 Å². The molecule has 0 aromatic carbocycles. The van der Waals surface area contributed by atoms with Gasteiger partial charge in [0.25, 0.3) is 5.89 Å². The molecule has 2 aromatic heterocycles. The summed E-state index contributed by atoms with van der Waals surface area (Å²) in [4.78, 5) is 8.00. The van der Waals surface area contributed by atoms with Crippen LogP contribution in [0.2, 0.25) is 0 Å². The normalized spacial score (nSPS) is 10.6. The Balaban J connectivity index is 2.35. The highest BCUT2D eigenvalue weighted by Crippen LogP contribution is 2.16. The van der Waals surface area contributed by atoms with Crippen LogP contribution in [0.25, 0.3) is 11.6 Å². The molecule has 0 unspecified atom stereocenters. The first-order chi connectivity index (χ1) is 6.29. The minimum atomic E-state index is 0.223. The van der Waals surface area contributed by atoms with E-state index in [1.165, 1.54) is 6.26 Å². The van der Waals surface area contributed by atoms with Crippen LogP contribution in [0.4, 0.5) is 0 Å². The summed E-state index contributed by atoms with van der Waals surface area (Å²) in [6.45, 7) is 1.74. The van der Waals surface area contributed by atoms with Gasteiger partial charge in [-0.25, -0.2) is 4.98 Å². The van der Waals surface area contributed by atoms with Gasteiger partial charge in [0.1, 0.15) is 6.26 Å². The molecule has 68 valence electrons. The van der Waals surface area contributed by atoms with Crippen molar-refractivity contribution in [2.75, 3.05) is 0 Å². The van der Waals surface area contributed by atoms with E-state index in [9.17, 15) is 0 Å². The summed E-state index contributed by atoms with van der Waals surface area (Å²) in [6.07, 6.45) is 1.46. The maximum Gasteiger partial charge on any atom is 0.279 e. The van der Waals surface area contributed by atoms with Gasteiger partial charge >= 0.3 is 0 Å². The van der Waals surface area contributed by atoms with E-state index in [0.29, 0.717) is 23.3 Å². The van der Waals surface area contributed by atoms with Crippen molar-refractivity contribution in [3.05, 3.63) is 18.0 Å². The molecule has 0 atom stereocenters. The van der Waals surface area contributed by atoms with Gasteiger partial charge in [0.2, 0.25) is 0 Å². The van der Waals surface area contributed by atoms with Gasteiger partial charge in [-0.3, -0.25) is 0 Å². The molecule has 13 heavy (non-hydrogen) atoms. The number of hydrogen-bond acceptors (Lipinski definition) is 5. The molecule has 0 spiro atoms. The Morgan fingerprint density at radius 3 is 2.85 bits per heavy atom. The second kappa shape index (κ2) is 3.18. The molecule has 0 aliphatic carbocycles. The van der Waals surface area contributed by atoms with Crippen molar-refractivity contribution in [1.82, 2.24) is 15.1 Å². The van der Waals surface area contributed by atoms with Crippen molar-refractivity contribution in [1.29, 1.82) is 0 Å². The van der Waals surface area contributed by atoms with Crippen LogP contribution >= 0.6 is 11.6 Å². The first kappa shape index (κ1) is 8.25. The first-order valence-electron chi connectivity index (χ1n) is 3.60. The Kier molecular flexibility index (Phi) is 2.02. The van der Waals surface area contributed by atoms with Crippen LogP contribution in [-0.2, 0) is 5.88 Å².